The highest BCUT2D eigenvalue weighted by atomic mass is 28.4. The molecule has 0 aromatic carbocycles. The lowest BCUT2D eigenvalue weighted by atomic mass is 10.0. The highest BCUT2D eigenvalue weighted by Gasteiger charge is 2.46. The van der Waals surface area contributed by atoms with Crippen LogP contribution < -0.4 is 56.1 Å². The van der Waals surface area contributed by atoms with Crippen LogP contribution in [0.15, 0.2) is 0 Å². The summed E-state index contributed by atoms with van der Waals surface area (Å²) in [7, 11) is -7.43. The van der Waals surface area contributed by atoms with Crippen LogP contribution in [0.3, 0.4) is 0 Å². The number of nitrogens with two attached hydrogens (primary N) is 7. The van der Waals surface area contributed by atoms with Crippen molar-refractivity contribution in [3.8, 4) is 0 Å². The molecule has 2 atom stereocenters. The molecule has 84 heavy (non-hydrogen) atoms. The highest BCUT2D eigenvalue weighted by molar-refractivity contribution is 6.62. The summed E-state index contributed by atoms with van der Waals surface area (Å²) in [6, 6.07) is 4.18. The highest BCUT2D eigenvalue weighted by Crippen LogP contribution is 2.26. The molecule has 0 amide bonds. The van der Waals surface area contributed by atoms with Crippen molar-refractivity contribution >= 4 is 44.0 Å². The Morgan fingerprint density at radius 3 is 0.917 bits per heavy atom. The van der Waals surface area contributed by atoms with Gasteiger partial charge in [0.25, 0.3) is 0 Å². The molecule has 0 aromatic heterocycles. The molecule has 0 aliphatic carbocycles. The fourth-order valence-corrected chi connectivity index (χ4v) is 21.2. The van der Waals surface area contributed by atoms with E-state index in [2.05, 4.69) is 16.0 Å². The monoisotopic (exact) mass is 1310 g/mol. The fraction of sp³-hybridized carbons (Fsp3) is 1.00. The second-order valence-electron chi connectivity index (χ2n) is 19.1. The molecule has 0 saturated heterocycles. The van der Waals surface area contributed by atoms with Crippen LogP contribution in [0.1, 0.15) is 141 Å². The van der Waals surface area contributed by atoms with Crippen LogP contribution >= 0.6 is 0 Å². The smallest absolute Gasteiger partial charge is 0.377 e. The number of nitrogens with one attached hydrogen (secondary N) is 3. The molecule has 0 spiro atoms. The van der Waals surface area contributed by atoms with Gasteiger partial charge in [0.05, 0.1) is 0 Å². The molecule has 0 aliphatic heterocycles. The van der Waals surface area contributed by atoms with E-state index in [0.29, 0.717) is 112 Å². The Morgan fingerprint density at radius 1 is 0.333 bits per heavy atom. The number of hydrogen-bond acceptors (Lipinski definition) is 25. The zero-order chi connectivity index (χ0) is 64.8. The van der Waals surface area contributed by atoms with Crippen molar-refractivity contribution in [2.45, 2.75) is 183 Å². The van der Waals surface area contributed by atoms with Crippen molar-refractivity contribution in [2.24, 2.45) is 40.1 Å². The Kier molecular flexibility index (Phi) is 71.4. The maximum Gasteiger partial charge on any atom is 0.502 e. The summed E-state index contributed by atoms with van der Waals surface area (Å²) < 4.78 is 85.1. The number of hydrogen-bond donors (Lipinski definition) is 10. The van der Waals surface area contributed by atoms with Gasteiger partial charge in [0, 0.05) is 182 Å². The lowest BCUT2D eigenvalue weighted by Gasteiger charge is -2.35. The van der Waals surface area contributed by atoms with Gasteiger partial charge in [-0.25, -0.2) is 0 Å². The molecule has 0 saturated carbocycles. The number of unbranched alkanes of at least 4 members (excludes halogenated alkanes) is 1. The quantitative estimate of drug-likeness (QED) is 0.0290. The van der Waals surface area contributed by atoms with Crippen LogP contribution in [-0.2, 0) is 66.4 Å². The molecule has 30 heteroatoms. The first kappa shape index (κ1) is 92.8. The van der Waals surface area contributed by atoms with Gasteiger partial charge in [0.2, 0.25) is 0 Å². The SMILES string of the molecule is CCO[Si](CC(C)(N)CCN)(OCC)OCC.CCO[Si](CCCCN)(OCC)OCC.CCO[Si](CCCNCCN)(OCC)OCC.CCO[Si](CCCNCCNCCN)(OCC)OCC.CO[Si](CCCC(N)CCN)(OC)OC. The van der Waals surface area contributed by atoms with Gasteiger partial charge in [-0.2, -0.15) is 0 Å². The Balaban J connectivity index is -0.000000311. The Labute approximate surface area is 520 Å². The lowest BCUT2D eigenvalue weighted by Crippen LogP contribution is -2.54. The molecular weight excluding hydrogens is 1170 g/mol. The van der Waals surface area contributed by atoms with Crippen molar-refractivity contribution in [1.82, 2.24) is 16.0 Å². The molecule has 0 bridgehead atoms. The summed E-state index contributed by atoms with van der Waals surface area (Å²) in [4.78, 5) is 0. The van der Waals surface area contributed by atoms with Crippen LogP contribution in [0, 0.1) is 0 Å². The van der Waals surface area contributed by atoms with Gasteiger partial charge in [0.15, 0.2) is 0 Å². The minimum atomic E-state index is -2.65. The van der Waals surface area contributed by atoms with Crippen LogP contribution in [0.25, 0.3) is 0 Å². The van der Waals surface area contributed by atoms with E-state index in [-0.39, 0.29) is 6.04 Å². The summed E-state index contributed by atoms with van der Waals surface area (Å²) in [6.07, 6.45) is 7.49. The molecule has 0 aliphatic rings. The fourth-order valence-electron chi connectivity index (χ4n) is 8.45. The molecule has 17 N–H and O–H groups in total. The Bertz CT molecular complexity index is 1240. The third-order valence-corrected chi connectivity index (χ3v) is 27.7. The van der Waals surface area contributed by atoms with Crippen LogP contribution in [0.2, 0.25) is 30.2 Å². The zero-order valence-electron chi connectivity index (χ0n) is 56.7. The normalized spacial score (nSPS) is 13.2. The van der Waals surface area contributed by atoms with Gasteiger partial charge in [-0.1, -0.05) is 0 Å². The van der Waals surface area contributed by atoms with E-state index >= 15 is 0 Å². The maximum absolute atomic E-state index is 6.22. The van der Waals surface area contributed by atoms with Crippen LogP contribution in [-0.4, -0.2) is 228 Å². The van der Waals surface area contributed by atoms with Crippen molar-refractivity contribution in [2.75, 3.05) is 173 Å². The Morgan fingerprint density at radius 2 is 0.631 bits per heavy atom. The summed E-state index contributed by atoms with van der Waals surface area (Å²) in [5.74, 6) is 0. The lowest BCUT2D eigenvalue weighted by molar-refractivity contribution is 0.0653. The van der Waals surface area contributed by atoms with Gasteiger partial charge in [-0.15, -0.1) is 0 Å². The van der Waals surface area contributed by atoms with Crippen molar-refractivity contribution in [1.29, 1.82) is 0 Å². The molecule has 2 unspecified atom stereocenters. The molecule has 0 rings (SSSR count). The van der Waals surface area contributed by atoms with Crippen molar-refractivity contribution in [3.05, 3.63) is 0 Å². The average molecular weight is 1310 g/mol. The summed E-state index contributed by atoms with van der Waals surface area (Å²) in [6.45, 7) is 41.9. The van der Waals surface area contributed by atoms with Gasteiger partial charge in [-0.3, -0.25) is 0 Å². The summed E-state index contributed by atoms with van der Waals surface area (Å²) >= 11 is 0. The predicted molar refractivity (Wildman–Crippen MR) is 355 cm³/mol. The minimum Gasteiger partial charge on any atom is -0.377 e. The second-order valence-corrected chi connectivity index (χ2v) is 33.0. The van der Waals surface area contributed by atoms with E-state index in [1.165, 1.54) is 0 Å². The molecular formula is C54H138N10O15Si5. The van der Waals surface area contributed by atoms with E-state index in [1.54, 1.807) is 21.3 Å². The molecule has 0 heterocycles. The van der Waals surface area contributed by atoms with E-state index < -0.39 is 49.6 Å². The number of rotatable bonds is 56. The average Bonchev–Trinajstić information content (AvgIpc) is 3.66. The molecule has 0 aromatic rings. The van der Waals surface area contributed by atoms with E-state index in [4.69, 9.17) is 107 Å². The summed E-state index contributed by atoms with van der Waals surface area (Å²) in [5.41, 5.74) is 38.9. The second kappa shape index (κ2) is 64.6. The molecule has 0 fully saturated rings. The minimum absolute atomic E-state index is 0.173. The van der Waals surface area contributed by atoms with Crippen molar-refractivity contribution < 1.29 is 66.4 Å². The third-order valence-electron chi connectivity index (χ3n) is 12.0. The van der Waals surface area contributed by atoms with Crippen molar-refractivity contribution in [3.63, 3.8) is 0 Å². The topological polar surface area (TPSA) is 357 Å². The first-order chi connectivity index (χ1) is 40.3. The Hall–Kier alpha value is 0.0844. The molecule has 25 nitrogen and oxygen atoms in total. The third kappa shape index (κ3) is 51.8. The van der Waals surface area contributed by atoms with Crippen LogP contribution in [0.5, 0.6) is 0 Å². The van der Waals surface area contributed by atoms with Gasteiger partial charge in [0.1, 0.15) is 0 Å². The molecule has 0 radical (unpaired) electrons. The van der Waals surface area contributed by atoms with Gasteiger partial charge < -0.3 is 122 Å². The van der Waals surface area contributed by atoms with Gasteiger partial charge in [-0.05, 0) is 174 Å². The zero-order valence-corrected chi connectivity index (χ0v) is 61.7. The van der Waals surface area contributed by atoms with Gasteiger partial charge >= 0.3 is 44.0 Å². The maximum atomic E-state index is 6.22. The molecule has 514 valence electrons. The first-order valence-corrected chi connectivity index (χ1v) is 41.5. The summed E-state index contributed by atoms with van der Waals surface area (Å²) in [5, 5.41) is 9.91. The van der Waals surface area contributed by atoms with E-state index in [0.717, 1.165) is 121 Å². The predicted octanol–water partition coefficient (Wildman–Crippen LogP) is 4.73. The standard InChI is InChI=1S/C13H33N3O3Si.2C11H28N2O3Si.C10H25NO3Si.C9H24N2O3Si/c1-4-17-20(18-5-2,19-6-3)13-7-9-15-11-12-16-10-8-14;1-5-14-17(15-6-2,16-7-3)10-11(4,13)8-9-12;1-4-14-17(15-5-2,16-6-3)11-7-9-13-10-8-12;1-4-12-15(13-5-2,14-6-3)10-8-7-9-11;1-12-15(13-2,14-3)8-4-5-9(11)6-7-10/h15-16H,4-14H2,1-3H3;5-10,12-13H2,1-4H3;13H,4-12H2,1-3H3;4-11H2,1-3H3;9H,4-8,10-11H2,1-3H3. The van der Waals surface area contributed by atoms with E-state index in [9.17, 15) is 0 Å². The first-order valence-electron chi connectivity index (χ1n) is 31.8. The largest absolute Gasteiger partial charge is 0.502 e. The van der Waals surface area contributed by atoms with Crippen LogP contribution in [0.4, 0.5) is 0 Å². The van der Waals surface area contributed by atoms with E-state index in [1.807, 2.05) is 90.0 Å².